The minimum atomic E-state index is 0.449. The summed E-state index contributed by atoms with van der Waals surface area (Å²) in [6.07, 6.45) is 2.79. The molecule has 80 valence electrons. The Balaban J connectivity index is 3.59. The summed E-state index contributed by atoms with van der Waals surface area (Å²) in [5.74, 6) is 0.687. The van der Waals surface area contributed by atoms with Crippen LogP contribution in [0.3, 0.4) is 0 Å². The summed E-state index contributed by atoms with van der Waals surface area (Å²) in [4.78, 5) is 2.16. The summed E-state index contributed by atoms with van der Waals surface area (Å²) in [5.41, 5.74) is 0. The average molecular weight is 187 g/mol. The minimum Gasteiger partial charge on any atom is -0.377 e. The van der Waals surface area contributed by atoms with E-state index in [0.717, 1.165) is 19.6 Å². The van der Waals surface area contributed by atoms with Crippen molar-refractivity contribution in [2.45, 2.75) is 39.7 Å². The predicted molar refractivity (Wildman–Crippen MR) is 58.0 cm³/mol. The monoisotopic (exact) mass is 187 g/mol. The van der Waals surface area contributed by atoms with Crippen molar-refractivity contribution in [2.75, 3.05) is 27.2 Å². The zero-order valence-electron chi connectivity index (χ0n) is 9.84. The van der Waals surface area contributed by atoms with Crippen LogP contribution in [0.4, 0.5) is 0 Å². The van der Waals surface area contributed by atoms with E-state index in [1.165, 1.54) is 6.42 Å². The van der Waals surface area contributed by atoms with E-state index in [0.29, 0.717) is 12.0 Å². The van der Waals surface area contributed by atoms with Gasteiger partial charge in [0, 0.05) is 6.54 Å². The summed E-state index contributed by atoms with van der Waals surface area (Å²) < 4.78 is 5.81. The van der Waals surface area contributed by atoms with Gasteiger partial charge in [0.25, 0.3) is 0 Å². The van der Waals surface area contributed by atoms with Gasteiger partial charge in [0.2, 0.25) is 0 Å². The van der Waals surface area contributed by atoms with Gasteiger partial charge in [-0.3, -0.25) is 0 Å². The van der Waals surface area contributed by atoms with Crippen LogP contribution >= 0.6 is 0 Å². The Morgan fingerprint density at radius 3 is 2.15 bits per heavy atom. The third kappa shape index (κ3) is 6.05. The van der Waals surface area contributed by atoms with E-state index in [9.17, 15) is 0 Å². The molecule has 0 N–H and O–H groups in total. The predicted octanol–water partition coefficient (Wildman–Crippen LogP) is 2.39. The van der Waals surface area contributed by atoms with Crippen LogP contribution in [0.15, 0.2) is 0 Å². The Labute approximate surface area is 83.3 Å². The van der Waals surface area contributed by atoms with E-state index in [1.54, 1.807) is 0 Å². The van der Waals surface area contributed by atoms with Crippen LogP contribution in [0.2, 0.25) is 0 Å². The molecule has 0 aromatic carbocycles. The largest absolute Gasteiger partial charge is 0.377 e. The second-order valence-corrected chi connectivity index (χ2v) is 4.01. The number of rotatable bonds is 7. The molecule has 0 spiro atoms. The second-order valence-electron chi connectivity index (χ2n) is 4.01. The van der Waals surface area contributed by atoms with Crippen LogP contribution in [-0.4, -0.2) is 38.3 Å². The topological polar surface area (TPSA) is 12.5 Å². The molecule has 0 heterocycles. The van der Waals surface area contributed by atoms with Gasteiger partial charge in [-0.2, -0.15) is 0 Å². The highest BCUT2D eigenvalue weighted by Crippen LogP contribution is 2.14. The molecule has 0 aliphatic carbocycles. The molecule has 0 fully saturated rings. The SMILES string of the molecule is CCC(C)C(CC)OCCN(C)C. The Morgan fingerprint density at radius 1 is 1.15 bits per heavy atom. The summed E-state index contributed by atoms with van der Waals surface area (Å²) in [7, 11) is 4.15. The standard InChI is InChI=1S/C11H25NO/c1-6-10(3)11(7-2)13-9-8-12(4)5/h10-11H,6-9H2,1-5H3. The first-order valence-electron chi connectivity index (χ1n) is 5.38. The van der Waals surface area contributed by atoms with Crippen molar-refractivity contribution in [2.24, 2.45) is 5.92 Å². The maximum atomic E-state index is 5.81. The van der Waals surface area contributed by atoms with Gasteiger partial charge < -0.3 is 9.64 Å². The summed E-state index contributed by atoms with van der Waals surface area (Å²) in [5, 5.41) is 0. The average Bonchev–Trinajstić information content (AvgIpc) is 2.11. The highest BCUT2D eigenvalue weighted by Gasteiger charge is 2.13. The maximum Gasteiger partial charge on any atom is 0.0598 e. The Hall–Kier alpha value is -0.0800. The van der Waals surface area contributed by atoms with E-state index >= 15 is 0 Å². The first-order chi connectivity index (χ1) is 6.11. The van der Waals surface area contributed by atoms with E-state index < -0.39 is 0 Å². The van der Waals surface area contributed by atoms with Crippen LogP contribution in [-0.2, 0) is 4.74 Å². The fourth-order valence-corrected chi connectivity index (χ4v) is 1.33. The molecule has 0 aliphatic rings. The molecule has 0 saturated carbocycles. The minimum absolute atomic E-state index is 0.449. The lowest BCUT2D eigenvalue weighted by Gasteiger charge is -2.22. The van der Waals surface area contributed by atoms with Crippen LogP contribution in [0.25, 0.3) is 0 Å². The number of hydrogen-bond acceptors (Lipinski definition) is 2. The third-order valence-electron chi connectivity index (χ3n) is 2.55. The molecule has 0 rings (SSSR count). The quantitative estimate of drug-likeness (QED) is 0.607. The highest BCUT2D eigenvalue weighted by molar-refractivity contribution is 4.63. The van der Waals surface area contributed by atoms with Crippen molar-refractivity contribution < 1.29 is 4.74 Å². The summed E-state index contributed by atoms with van der Waals surface area (Å²) in [6.45, 7) is 8.57. The fraction of sp³-hybridized carbons (Fsp3) is 1.00. The van der Waals surface area contributed by atoms with Crippen molar-refractivity contribution in [1.82, 2.24) is 4.90 Å². The molecule has 0 bridgehead atoms. The normalized spacial score (nSPS) is 16.2. The number of likely N-dealkylation sites (N-methyl/N-ethyl adjacent to an activating group) is 1. The van der Waals surface area contributed by atoms with Gasteiger partial charge in [-0.05, 0) is 26.4 Å². The highest BCUT2D eigenvalue weighted by atomic mass is 16.5. The second kappa shape index (κ2) is 7.34. The van der Waals surface area contributed by atoms with E-state index in [2.05, 4.69) is 39.8 Å². The zero-order chi connectivity index (χ0) is 10.3. The lowest BCUT2D eigenvalue weighted by Crippen LogP contribution is -2.26. The van der Waals surface area contributed by atoms with Crippen molar-refractivity contribution in [3.8, 4) is 0 Å². The first-order valence-corrected chi connectivity index (χ1v) is 5.38. The lowest BCUT2D eigenvalue weighted by molar-refractivity contribution is 0.00760. The van der Waals surface area contributed by atoms with Gasteiger partial charge in [0.1, 0.15) is 0 Å². The molecular formula is C11H25NO. The van der Waals surface area contributed by atoms with Crippen molar-refractivity contribution in [1.29, 1.82) is 0 Å². The van der Waals surface area contributed by atoms with Gasteiger partial charge in [-0.25, -0.2) is 0 Å². The van der Waals surface area contributed by atoms with Crippen LogP contribution in [0, 0.1) is 5.92 Å². The van der Waals surface area contributed by atoms with Gasteiger partial charge in [0.15, 0.2) is 0 Å². The molecule has 0 radical (unpaired) electrons. The molecule has 13 heavy (non-hydrogen) atoms. The Bertz CT molecular complexity index is 115. The molecule has 2 unspecified atom stereocenters. The van der Waals surface area contributed by atoms with Gasteiger partial charge in [-0.15, -0.1) is 0 Å². The molecule has 0 aliphatic heterocycles. The van der Waals surface area contributed by atoms with Gasteiger partial charge in [-0.1, -0.05) is 27.2 Å². The van der Waals surface area contributed by atoms with Crippen molar-refractivity contribution >= 4 is 0 Å². The maximum absolute atomic E-state index is 5.81. The summed E-state index contributed by atoms with van der Waals surface area (Å²) in [6, 6.07) is 0. The molecule has 2 nitrogen and oxygen atoms in total. The van der Waals surface area contributed by atoms with Crippen LogP contribution in [0.5, 0.6) is 0 Å². The molecule has 2 heteroatoms. The van der Waals surface area contributed by atoms with E-state index in [4.69, 9.17) is 4.74 Å². The smallest absolute Gasteiger partial charge is 0.0598 e. The Morgan fingerprint density at radius 2 is 1.77 bits per heavy atom. The molecule has 0 amide bonds. The number of nitrogens with zero attached hydrogens (tertiary/aromatic N) is 1. The van der Waals surface area contributed by atoms with E-state index in [-0.39, 0.29) is 0 Å². The van der Waals surface area contributed by atoms with Gasteiger partial charge >= 0.3 is 0 Å². The molecule has 2 atom stereocenters. The summed E-state index contributed by atoms with van der Waals surface area (Å²) >= 11 is 0. The fourth-order valence-electron chi connectivity index (χ4n) is 1.33. The number of hydrogen-bond donors (Lipinski definition) is 0. The van der Waals surface area contributed by atoms with Crippen molar-refractivity contribution in [3.05, 3.63) is 0 Å². The number of ether oxygens (including phenoxy) is 1. The lowest BCUT2D eigenvalue weighted by atomic mass is 10.00. The van der Waals surface area contributed by atoms with Crippen LogP contribution < -0.4 is 0 Å². The van der Waals surface area contributed by atoms with Crippen LogP contribution in [0.1, 0.15) is 33.6 Å². The third-order valence-corrected chi connectivity index (χ3v) is 2.55. The Kier molecular flexibility index (Phi) is 7.29. The molecular weight excluding hydrogens is 162 g/mol. The van der Waals surface area contributed by atoms with Crippen molar-refractivity contribution in [3.63, 3.8) is 0 Å². The molecule has 0 saturated heterocycles. The zero-order valence-corrected chi connectivity index (χ0v) is 9.84. The van der Waals surface area contributed by atoms with E-state index in [1.807, 2.05) is 0 Å². The molecule has 0 aromatic heterocycles. The molecule has 0 aromatic rings. The first kappa shape index (κ1) is 12.9. The van der Waals surface area contributed by atoms with Gasteiger partial charge in [0.05, 0.1) is 12.7 Å².